The van der Waals surface area contributed by atoms with Gasteiger partial charge in [0.05, 0.1) is 5.52 Å². The molecular formula is C15H8F2N2. The van der Waals surface area contributed by atoms with Crippen molar-refractivity contribution < 1.29 is 8.78 Å². The van der Waals surface area contributed by atoms with Gasteiger partial charge in [0, 0.05) is 28.6 Å². The van der Waals surface area contributed by atoms with Crippen molar-refractivity contribution in [1.82, 2.24) is 9.38 Å². The summed E-state index contributed by atoms with van der Waals surface area (Å²) in [5, 5.41) is 1.65. The summed E-state index contributed by atoms with van der Waals surface area (Å²) in [5.74, 6) is -0.741. The van der Waals surface area contributed by atoms with Crippen molar-refractivity contribution in [3.63, 3.8) is 0 Å². The van der Waals surface area contributed by atoms with Gasteiger partial charge in [-0.1, -0.05) is 12.1 Å². The third kappa shape index (κ3) is 1.31. The lowest BCUT2D eigenvalue weighted by molar-refractivity contribution is 0.629. The van der Waals surface area contributed by atoms with Crippen LogP contribution in [0.5, 0.6) is 0 Å². The minimum absolute atomic E-state index is 0.362. The highest BCUT2D eigenvalue weighted by Gasteiger charge is 2.12. The standard InChI is InChI=1S/C15H8F2N2/c16-9-4-5-13-11(8-9)14-10(2-1-3-12(14)17)15-18-6-7-19(13)15/h1-8H. The SMILES string of the molecule is Fc1ccc2c(c1)c1c(F)cccc1c1nccn21. The monoisotopic (exact) mass is 254 g/mol. The van der Waals surface area contributed by atoms with Crippen molar-refractivity contribution in [1.29, 1.82) is 0 Å². The van der Waals surface area contributed by atoms with Gasteiger partial charge in [-0.2, -0.15) is 0 Å². The number of hydrogen-bond donors (Lipinski definition) is 0. The summed E-state index contributed by atoms with van der Waals surface area (Å²) < 4.78 is 29.4. The molecule has 2 heterocycles. The van der Waals surface area contributed by atoms with Crippen LogP contribution in [0, 0.1) is 11.6 Å². The van der Waals surface area contributed by atoms with E-state index in [1.54, 1.807) is 30.6 Å². The molecule has 0 spiro atoms. The molecule has 0 radical (unpaired) electrons. The van der Waals surface area contributed by atoms with Crippen LogP contribution in [0.4, 0.5) is 8.78 Å². The van der Waals surface area contributed by atoms with Gasteiger partial charge in [-0.25, -0.2) is 13.8 Å². The maximum absolute atomic E-state index is 14.1. The van der Waals surface area contributed by atoms with Crippen LogP contribution in [-0.4, -0.2) is 9.38 Å². The van der Waals surface area contributed by atoms with Crippen LogP contribution in [-0.2, 0) is 0 Å². The molecule has 4 rings (SSSR count). The fraction of sp³-hybridized carbons (Fsp3) is 0. The highest BCUT2D eigenvalue weighted by atomic mass is 19.1. The Morgan fingerprint density at radius 2 is 1.89 bits per heavy atom. The van der Waals surface area contributed by atoms with Gasteiger partial charge < -0.3 is 0 Å². The highest BCUT2D eigenvalue weighted by Crippen LogP contribution is 2.30. The second kappa shape index (κ2) is 3.51. The lowest BCUT2D eigenvalue weighted by Gasteiger charge is -2.08. The van der Waals surface area contributed by atoms with E-state index in [4.69, 9.17) is 0 Å². The summed E-state index contributed by atoms with van der Waals surface area (Å²) in [6, 6.07) is 9.19. The summed E-state index contributed by atoms with van der Waals surface area (Å²) in [5.41, 5.74) is 1.42. The molecule has 0 atom stereocenters. The fourth-order valence-electron chi connectivity index (χ4n) is 2.60. The van der Waals surface area contributed by atoms with Gasteiger partial charge in [0.1, 0.15) is 17.3 Å². The van der Waals surface area contributed by atoms with Crippen LogP contribution in [0.2, 0.25) is 0 Å². The zero-order chi connectivity index (χ0) is 13.0. The van der Waals surface area contributed by atoms with Gasteiger partial charge in [-0.15, -0.1) is 0 Å². The molecular weight excluding hydrogens is 246 g/mol. The number of hydrogen-bond acceptors (Lipinski definition) is 1. The van der Waals surface area contributed by atoms with Gasteiger partial charge in [0.15, 0.2) is 0 Å². The van der Waals surface area contributed by atoms with Gasteiger partial charge in [0.2, 0.25) is 0 Å². The number of aromatic nitrogens is 2. The maximum atomic E-state index is 14.1. The normalized spacial score (nSPS) is 11.7. The van der Waals surface area contributed by atoms with E-state index in [0.29, 0.717) is 21.8 Å². The summed E-state index contributed by atoms with van der Waals surface area (Å²) in [4.78, 5) is 4.26. The van der Waals surface area contributed by atoms with E-state index < -0.39 is 0 Å². The Hall–Kier alpha value is -2.49. The molecule has 0 fully saturated rings. The predicted octanol–water partition coefficient (Wildman–Crippen LogP) is 3.92. The van der Waals surface area contributed by atoms with E-state index in [0.717, 1.165) is 5.52 Å². The van der Waals surface area contributed by atoms with Crippen LogP contribution >= 0.6 is 0 Å². The molecule has 0 saturated carbocycles. The summed E-state index contributed by atoms with van der Waals surface area (Å²) in [7, 11) is 0. The first kappa shape index (κ1) is 10.4. The smallest absolute Gasteiger partial charge is 0.145 e. The van der Waals surface area contributed by atoms with Crippen LogP contribution in [0.15, 0.2) is 48.8 Å². The van der Waals surface area contributed by atoms with Gasteiger partial charge >= 0.3 is 0 Å². The van der Waals surface area contributed by atoms with E-state index in [2.05, 4.69) is 4.98 Å². The molecule has 92 valence electrons. The van der Waals surface area contributed by atoms with E-state index in [9.17, 15) is 8.78 Å². The van der Waals surface area contributed by atoms with E-state index >= 15 is 0 Å². The van der Waals surface area contributed by atoms with Gasteiger partial charge in [-0.3, -0.25) is 4.40 Å². The zero-order valence-electron chi connectivity index (χ0n) is 9.77. The average Bonchev–Trinajstić information content (AvgIpc) is 2.88. The first-order valence-electron chi connectivity index (χ1n) is 5.88. The highest BCUT2D eigenvalue weighted by molar-refractivity contribution is 6.11. The second-order valence-corrected chi connectivity index (χ2v) is 4.44. The van der Waals surface area contributed by atoms with Crippen molar-refractivity contribution in [3.05, 3.63) is 60.4 Å². The summed E-state index contributed by atoms with van der Waals surface area (Å²) in [6.45, 7) is 0. The Morgan fingerprint density at radius 3 is 2.79 bits per heavy atom. The van der Waals surface area contributed by atoms with Gasteiger partial charge in [-0.05, 0) is 24.3 Å². The largest absolute Gasteiger partial charge is 0.299 e. The number of pyridine rings is 1. The van der Waals surface area contributed by atoms with Crippen molar-refractivity contribution in [3.8, 4) is 0 Å². The summed E-state index contributed by atoms with van der Waals surface area (Å²) >= 11 is 0. The average molecular weight is 254 g/mol. The van der Waals surface area contributed by atoms with E-state index in [1.165, 1.54) is 18.2 Å². The number of imidazole rings is 1. The number of nitrogens with zero attached hydrogens (tertiary/aromatic N) is 2. The lowest BCUT2D eigenvalue weighted by atomic mass is 10.1. The zero-order valence-corrected chi connectivity index (χ0v) is 9.77. The Balaban J connectivity index is 2.46. The van der Waals surface area contributed by atoms with Crippen molar-refractivity contribution in [2.75, 3.05) is 0 Å². The fourth-order valence-corrected chi connectivity index (χ4v) is 2.60. The predicted molar refractivity (Wildman–Crippen MR) is 70.1 cm³/mol. The van der Waals surface area contributed by atoms with E-state index in [1.807, 2.05) is 4.40 Å². The Morgan fingerprint density at radius 1 is 1.00 bits per heavy atom. The molecule has 0 aliphatic rings. The third-order valence-corrected chi connectivity index (χ3v) is 3.38. The van der Waals surface area contributed by atoms with Crippen LogP contribution in [0.25, 0.3) is 27.3 Å². The van der Waals surface area contributed by atoms with Crippen LogP contribution < -0.4 is 0 Å². The molecule has 0 amide bonds. The molecule has 4 heteroatoms. The molecule has 0 aliphatic heterocycles. The molecule has 2 nitrogen and oxygen atoms in total. The Labute approximate surface area is 106 Å². The molecule has 19 heavy (non-hydrogen) atoms. The minimum Gasteiger partial charge on any atom is -0.299 e. The molecule has 0 aliphatic carbocycles. The van der Waals surface area contributed by atoms with Crippen LogP contribution in [0.1, 0.15) is 0 Å². The minimum atomic E-state index is -0.378. The molecule has 2 aromatic carbocycles. The molecule has 0 bridgehead atoms. The topological polar surface area (TPSA) is 17.3 Å². The number of rotatable bonds is 0. The first-order valence-corrected chi connectivity index (χ1v) is 5.88. The van der Waals surface area contributed by atoms with Gasteiger partial charge in [0.25, 0.3) is 0 Å². The lowest BCUT2D eigenvalue weighted by Crippen LogP contribution is -1.93. The second-order valence-electron chi connectivity index (χ2n) is 4.44. The number of halogens is 2. The maximum Gasteiger partial charge on any atom is 0.145 e. The molecule has 0 N–H and O–H groups in total. The van der Waals surface area contributed by atoms with Crippen molar-refractivity contribution in [2.24, 2.45) is 0 Å². The molecule has 2 aromatic heterocycles. The Kier molecular flexibility index (Phi) is 1.93. The molecule has 0 unspecified atom stereocenters. The quantitative estimate of drug-likeness (QED) is 0.435. The molecule has 4 aromatic rings. The van der Waals surface area contributed by atoms with Crippen LogP contribution in [0.3, 0.4) is 0 Å². The Bertz CT molecular complexity index is 941. The van der Waals surface area contributed by atoms with Crippen molar-refractivity contribution in [2.45, 2.75) is 0 Å². The number of benzene rings is 2. The molecule has 0 saturated heterocycles. The van der Waals surface area contributed by atoms with Crippen molar-refractivity contribution >= 4 is 27.3 Å². The van der Waals surface area contributed by atoms with E-state index in [-0.39, 0.29) is 11.6 Å². The summed E-state index contributed by atoms with van der Waals surface area (Å²) in [6.07, 6.45) is 3.45. The first-order chi connectivity index (χ1) is 9.25. The number of fused-ring (bicyclic) bond motifs is 6. The third-order valence-electron chi connectivity index (χ3n) is 3.38.